The van der Waals surface area contributed by atoms with Gasteiger partial charge in [0.2, 0.25) is 0 Å². The molecule has 0 saturated carbocycles. The molecule has 0 spiro atoms. The Labute approximate surface area is 74.9 Å². The normalized spacial score (nSPS) is 17.5. The maximum Gasteiger partial charge on any atom is 0.175 e. The standard InChI is InChI=1S/C10H7N3/c1-2-4-8-7(3-1)9-10(13-8)12-6-5-11-9/h1-5H,6H2. The molecule has 62 valence electrons. The van der Waals surface area contributed by atoms with Crippen molar-refractivity contribution in [3.8, 4) is 0 Å². The Morgan fingerprint density at radius 1 is 1.15 bits per heavy atom. The lowest BCUT2D eigenvalue weighted by atomic mass is 10.2. The lowest BCUT2D eigenvalue weighted by molar-refractivity contribution is 1.27. The monoisotopic (exact) mass is 169 g/mol. The summed E-state index contributed by atoms with van der Waals surface area (Å²) < 4.78 is 0. The Kier molecular flexibility index (Phi) is 1.22. The van der Waals surface area contributed by atoms with Crippen LogP contribution in [0.5, 0.6) is 0 Å². The zero-order valence-corrected chi connectivity index (χ0v) is 6.94. The number of para-hydroxylation sites is 1. The number of hydrogen-bond acceptors (Lipinski definition) is 3. The summed E-state index contributed by atoms with van der Waals surface area (Å²) >= 11 is 0. The second kappa shape index (κ2) is 2.36. The second-order valence-corrected chi connectivity index (χ2v) is 2.95. The van der Waals surface area contributed by atoms with Crippen molar-refractivity contribution in [1.82, 2.24) is 0 Å². The van der Waals surface area contributed by atoms with Crippen molar-refractivity contribution in [2.45, 2.75) is 0 Å². The highest BCUT2D eigenvalue weighted by atomic mass is 15.0. The summed E-state index contributed by atoms with van der Waals surface area (Å²) in [4.78, 5) is 12.9. The zero-order valence-electron chi connectivity index (χ0n) is 6.94. The number of aliphatic imine (C=N–C) groups is 2. The molecule has 2 heterocycles. The quantitative estimate of drug-likeness (QED) is 0.520. The molecule has 1 aromatic rings. The zero-order chi connectivity index (χ0) is 8.67. The lowest BCUT2D eigenvalue weighted by Crippen LogP contribution is -2.21. The van der Waals surface area contributed by atoms with Crippen LogP contribution in [0.1, 0.15) is 0 Å². The van der Waals surface area contributed by atoms with Crippen LogP contribution in [0.25, 0.3) is 5.70 Å². The third-order valence-corrected chi connectivity index (χ3v) is 2.14. The van der Waals surface area contributed by atoms with E-state index in [1.165, 1.54) is 0 Å². The molecular weight excluding hydrogens is 162 g/mol. The molecule has 0 radical (unpaired) electrons. The number of nitrogens with zero attached hydrogens (tertiary/aromatic N) is 3. The summed E-state index contributed by atoms with van der Waals surface area (Å²) in [6.45, 7) is 0.649. The van der Waals surface area contributed by atoms with Gasteiger partial charge in [-0.1, -0.05) is 18.2 Å². The predicted octanol–water partition coefficient (Wildman–Crippen LogP) is -0.0891. The second-order valence-electron chi connectivity index (χ2n) is 2.95. The smallest absolute Gasteiger partial charge is 0.175 e. The van der Waals surface area contributed by atoms with Gasteiger partial charge in [-0.05, 0) is 6.07 Å². The average molecular weight is 169 g/mol. The highest BCUT2D eigenvalue weighted by molar-refractivity contribution is 6.20. The van der Waals surface area contributed by atoms with Crippen LogP contribution in [-0.2, 0) is 0 Å². The van der Waals surface area contributed by atoms with Crippen molar-refractivity contribution in [1.29, 1.82) is 0 Å². The fourth-order valence-electron chi connectivity index (χ4n) is 1.56. The van der Waals surface area contributed by atoms with Crippen LogP contribution in [-0.4, -0.2) is 18.6 Å². The first-order valence-corrected chi connectivity index (χ1v) is 4.20. The molecular formula is C10H7N3. The van der Waals surface area contributed by atoms with E-state index >= 15 is 0 Å². The third kappa shape index (κ3) is 0.869. The maximum atomic E-state index is 4.37. The molecule has 0 N–H and O–H groups in total. The molecule has 0 unspecified atom stereocenters. The summed E-state index contributed by atoms with van der Waals surface area (Å²) in [5.74, 6) is 0.781. The Hall–Kier alpha value is -1.77. The van der Waals surface area contributed by atoms with E-state index in [0.29, 0.717) is 6.54 Å². The molecule has 1 aromatic carbocycles. The van der Waals surface area contributed by atoms with Crippen molar-refractivity contribution >= 4 is 17.7 Å². The van der Waals surface area contributed by atoms with E-state index in [9.17, 15) is 0 Å². The summed E-state index contributed by atoms with van der Waals surface area (Å²) in [7, 11) is 0. The Balaban J connectivity index is 2.50. The number of benzene rings is 1. The van der Waals surface area contributed by atoms with Gasteiger partial charge in [0.15, 0.2) is 5.84 Å². The molecule has 0 aromatic heterocycles. The molecule has 0 bridgehead atoms. The van der Waals surface area contributed by atoms with Crippen molar-refractivity contribution in [3.05, 3.63) is 34.8 Å². The topological polar surface area (TPSA) is 37.1 Å². The predicted molar refractivity (Wildman–Crippen MR) is 51.4 cm³/mol. The van der Waals surface area contributed by atoms with Crippen LogP contribution >= 0.6 is 0 Å². The first-order valence-electron chi connectivity index (χ1n) is 4.20. The minimum absolute atomic E-state index is 0.649. The van der Waals surface area contributed by atoms with Crippen LogP contribution in [0.4, 0.5) is 0 Å². The van der Waals surface area contributed by atoms with Crippen LogP contribution in [0.2, 0.25) is 0 Å². The van der Waals surface area contributed by atoms with Crippen molar-refractivity contribution in [2.75, 3.05) is 6.54 Å². The maximum absolute atomic E-state index is 4.37. The van der Waals surface area contributed by atoms with Gasteiger partial charge in [0.1, 0.15) is 5.70 Å². The van der Waals surface area contributed by atoms with Gasteiger partial charge in [-0.25, -0.2) is 4.99 Å². The minimum atomic E-state index is 0.649. The number of rotatable bonds is 0. The molecule has 0 fully saturated rings. The molecule has 0 atom stereocenters. The molecule has 3 rings (SSSR count). The highest BCUT2D eigenvalue weighted by Crippen LogP contribution is 2.06. The van der Waals surface area contributed by atoms with Crippen LogP contribution in [0.15, 0.2) is 39.2 Å². The first-order chi connectivity index (χ1) is 6.45. The molecule has 2 aliphatic heterocycles. The molecule has 0 amide bonds. The van der Waals surface area contributed by atoms with E-state index in [-0.39, 0.29) is 0 Å². The SMILES string of the molecule is C1=NC2=c3ccccc3=NC2=NC1. The van der Waals surface area contributed by atoms with Gasteiger partial charge in [0, 0.05) is 11.4 Å². The van der Waals surface area contributed by atoms with Gasteiger partial charge >= 0.3 is 0 Å². The van der Waals surface area contributed by atoms with E-state index in [0.717, 1.165) is 22.1 Å². The van der Waals surface area contributed by atoms with E-state index < -0.39 is 0 Å². The third-order valence-electron chi connectivity index (χ3n) is 2.14. The molecule has 0 aliphatic carbocycles. The van der Waals surface area contributed by atoms with E-state index in [1.807, 2.05) is 30.5 Å². The molecule has 2 aliphatic rings. The van der Waals surface area contributed by atoms with Gasteiger partial charge < -0.3 is 0 Å². The van der Waals surface area contributed by atoms with Gasteiger partial charge in [0.25, 0.3) is 0 Å². The summed E-state index contributed by atoms with van der Waals surface area (Å²) in [5.41, 5.74) is 0.918. The number of fused-ring (bicyclic) bond motifs is 2. The summed E-state index contributed by atoms with van der Waals surface area (Å²) in [6.07, 6.45) is 1.82. The van der Waals surface area contributed by atoms with E-state index in [1.54, 1.807) is 0 Å². The largest absolute Gasteiger partial charge is 0.259 e. The van der Waals surface area contributed by atoms with Crippen LogP contribution in [0.3, 0.4) is 0 Å². The first kappa shape index (κ1) is 6.71. The number of hydrogen-bond donors (Lipinski definition) is 0. The lowest BCUT2D eigenvalue weighted by Gasteiger charge is -2.00. The summed E-state index contributed by atoms with van der Waals surface area (Å²) in [5, 5.41) is 2.08. The summed E-state index contributed by atoms with van der Waals surface area (Å²) in [6, 6.07) is 7.98. The molecule has 3 heteroatoms. The van der Waals surface area contributed by atoms with Gasteiger partial charge in [-0.2, -0.15) is 0 Å². The van der Waals surface area contributed by atoms with E-state index in [4.69, 9.17) is 0 Å². The highest BCUT2D eigenvalue weighted by Gasteiger charge is 2.14. The minimum Gasteiger partial charge on any atom is -0.259 e. The van der Waals surface area contributed by atoms with Gasteiger partial charge in [0.05, 0.1) is 11.9 Å². The van der Waals surface area contributed by atoms with Crippen LogP contribution < -0.4 is 10.6 Å². The van der Waals surface area contributed by atoms with Crippen molar-refractivity contribution in [3.63, 3.8) is 0 Å². The fraction of sp³-hybridized carbons (Fsp3) is 0.100. The molecule has 0 saturated heterocycles. The average Bonchev–Trinajstić information content (AvgIpc) is 2.56. The van der Waals surface area contributed by atoms with Gasteiger partial charge in [-0.3, -0.25) is 9.98 Å². The van der Waals surface area contributed by atoms with Crippen molar-refractivity contribution in [2.24, 2.45) is 15.0 Å². The fourth-order valence-corrected chi connectivity index (χ4v) is 1.56. The van der Waals surface area contributed by atoms with Crippen LogP contribution in [0, 0.1) is 0 Å². The van der Waals surface area contributed by atoms with Crippen molar-refractivity contribution < 1.29 is 0 Å². The Morgan fingerprint density at radius 2 is 2.08 bits per heavy atom. The van der Waals surface area contributed by atoms with E-state index in [2.05, 4.69) is 15.0 Å². The molecule has 13 heavy (non-hydrogen) atoms. The Bertz CT molecular complexity index is 538. The van der Waals surface area contributed by atoms with Gasteiger partial charge in [-0.15, -0.1) is 0 Å². The Morgan fingerprint density at radius 3 is 3.08 bits per heavy atom. The molecule has 3 nitrogen and oxygen atoms in total. The number of amidine groups is 1.